The topological polar surface area (TPSA) is 71.5 Å². The third-order valence-electron chi connectivity index (χ3n) is 4.47. The Labute approximate surface area is 153 Å². The number of nitrogens with zero attached hydrogens (tertiary/aromatic N) is 2. The SMILES string of the molecule is COc1ccc(-c2cc(C(=O)NCCCN3CCCC3=O)ccn2)cc1. The first-order valence-electron chi connectivity index (χ1n) is 8.84. The third-order valence-corrected chi connectivity index (χ3v) is 4.47. The number of nitrogens with one attached hydrogen (secondary N) is 1. The summed E-state index contributed by atoms with van der Waals surface area (Å²) >= 11 is 0. The molecule has 6 heteroatoms. The van der Waals surface area contributed by atoms with Crippen LogP contribution in [0, 0.1) is 0 Å². The van der Waals surface area contributed by atoms with Crippen molar-refractivity contribution in [1.29, 1.82) is 0 Å². The largest absolute Gasteiger partial charge is 0.497 e. The van der Waals surface area contributed by atoms with Crippen molar-refractivity contribution >= 4 is 11.8 Å². The number of carbonyl (C=O) groups is 2. The summed E-state index contributed by atoms with van der Waals surface area (Å²) in [6.45, 7) is 2.08. The zero-order chi connectivity index (χ0) is 18.4. The lowest BCUT2D eigenvalue weighted by Gasteiger charge is -2.15. The summed E-state index contributed by atoms with van der Waals surface area (Å²) in [5, 5.41) is 2.91. The number of ether oxygens (including phenoxy) is 1. The Morgan fingerprint density at radius 2 is 2.08 bits per heavy atom. The van der Waals surface area contributed by atoms with Gasteiger partial charge in [0.05, 0.1) is 12.8 Å². The van der Waals surface area contributed by atoms with Crippen molar-refractivity contribution in [2.45, 2.75) is 19.3 Å². The molecular formula is C20H23N3O3. The van der Waals surface area contributed by atoms with Crippen LogP contribution in [0.5, 0.6) is 5.75 Å². The molecule has 3 rings (SSSR count). The van der Waals surface area contributed by atoms with Crippen LogP contribution < -0.4 is 10.1 Å². The number of hydrogen-bond acceptors (Lipinski definition) is 4. The second kappa shape index (κ2) is 8.47. The number of benzene rings is 1. The summed E-state index contributed by atoms with van der Waals surface area (Å²) in [6.07, 6.45) is 3.99. The molecule has 0 spiro atoms. The molecule has 0 radical (unpaired) electrons. The van der Waals surface area contributed by atoms with Crippen LogP contribution in [-0.2, 0) is 4.79 Å². The molecule has 2 heterocycles. The number of pyridine rings is 1. The Morgan fingerprint density at radius 1 is 1.27 bits per heavy atom. The van der Waals surface area contributed by atoms with Crippen molar-refractivity contribution in [1.82, 2.24) is 15.2 Å². The summed E-state index contributed by atoms with van der Waals surface area (Å²) < 4.78 is 5.16. The molecule has 0 saturated carbocycles. The number of methoxy groups -OCH3 is 1. The number of rotatable bonds is 7. The summed E-state index contributed by atoms with van der Waals surface area (Å²) in [5.41, 5.74) is 2.24. The molecule has 26 heavy (non-hydrogen) atoms. The normalized spacial score (nSPS) is 13.7. The van der Waals surface area contributed by atoms with Gasteiger partial charge in [-0.05, 0) is 49.2 Å². The monoisotopic (exact) mass is 353 g/mol. The van der Waals surface area contributed by atoms with Gasteiger partial charge in [0, 0.05) is 43.4 Å². The number of likely N-dealkylation sites (tertiary alicyclic amines) is 1. The molecule has 1 aromatic heterocycles. The van der Waals surface area contributed by atoms with Crippen LogP contribution in [0.3, 0.4) is 0 Å². The highest BCUT2D eigenvalue weighted by Crippen LogP contribution is 2.21. The second-order valence-electron chi connectivity index (χ2n) is 6.25. The molecule has 0 unspecified atom stereocenters. The lowest BCUT2D eigenvalue weighted by atomic mass is 10.1. The first kappa shape index (κ1) is 17.9. The average Bonchev–Trinajstić information content (AvgIpc) is 3.10. The lowest BCUT2D eigenvalue weighted by molar-refractivity contribution is -0.127. The Morgan fingerprint density at radius 3 is 2.77 bits per heavy atom. The van der Waals surface area contributed by atoms with Crippen molar-refractivity contribution in [3.05, 3.63) is 48.2 Å². The Balaban J connectivity index is 1.54. The van der Waals surface area contributed by atoms with Gasteiger partial charge < -0.3 is 15.0 Å². The molecule has 1 fully saturated rings. The fourth-order valence-corrected chi connectivity index (χ4v) is 3.01. The molecular weight excluding hydrogens is 330 g/mol. The van der Waals surface area contributed by atoms with Crippen LogP contribution >= 0.6 is 0 Å². The van der Waals surface area contributed by atoms with Crippen LogP contribution in [0.15, 0.2) is 42.6 Å². The quantitative estimate of drug-likeness (QED) is 0.777. The van der Waals surface area contributed by atoms with Crippen molar-refractivity contribution in [2.24, 2.45) is 0 Å². The minimum absolute atomic E-state index is 0.130. The predicted octanol–water partition coefficient (Wildman–Crippen LogP) is 2.50. The fourth-order valence-electron chi connectivity index (χ4n) is 3.01. The third kappa shape index (κ3) is 4.39. The van der Waals surface area contributed by atoms with Crippen LogP contribution in [-0.4, -0.2) is 48.4 Å². The summed E-state index contributed by atoms with van der Waals surface area (Å²) in [7, 11) is 1.62. The van der Waals surface area contributed by atoms with E-state index in [0.29, 0.717) is 25.1 Å². The Bertz CT molecular complexity index is 774. The standard InChI is InChI=1S/C20H23N3O3/c1-26-17-7-5-15(6-8-17)18-14-16(9-11-21-18)20(25)22-10-3-13-23-12-2-4-19(23)24/h5-9,11,14H,2-4,10,12-13H2,1H3,(H,22,25). The zero-order valence-corrected chi connectivity index (χ0v) is 14.9. The van der Waals surface area contributed by atoms with Gasteiger partial charge >= 0.3 is 0 Å². The van der Waals surface area contributed by atoms with E-state index in [-0.39, 0.29) is 11.8 Å². The maximum Gasteiger partial charge on any atom is 0.251 e. The van der Waals surface area contributed by atoms with Gasteiger partial charge in [-0.15, -0.1) is 0 Å². The second-order valence-corrected chi connectivity index (χ2v) is 6.25. The average molecular weight is 353 g/mol. The van der Waals surface area contributed by atoms with E-state index in [9.17, 15) is 9.59 Å². The van der Waals surface area contributed by atoms with Gasteiger partial charge in [0.15, 0.2) is 0 Å². The Kier molecular flexibility index (Phi) is 5.84. The van der Waals surface area contributed by atoms with Crippen LogP contribution in [0.2, 0.25) is 0 Å². The molecule has 1 aliphatic heterocycles. The number of hydrogen-bond donors (Lipinski definition) is 1. The summed E-state index contributed by atoms with van der Waals surface area (Å²) in [6, 6.07) is 11.0. The minimum atomic E-state index is -0.130. The van der Waals surface area contributed by atoms with Crippen LogP contribution in [0.25, 0.3) is 11.3 Å². The smallest absolute Gasteiger partial charge is 0.251 e. The summed E-state index contributed by atoms with van der Waals surface area (Å²) in [4.78, 5) is 30.1. The van der Waals surface area contributed by atoms with Gasteiger partial charge in [-0.2, -0.15) is 0 Å². The Hall–Kier alpha value is -2.89. The van der Waals surface area contributed by atoms with E-state index in [2.05, 4.69) is 10.3 Å². The molecule has 136 valence electrons. The molecule has 1 aromatic carbocycles. The van der Waals surface area contributed by atoms with Crippen molar-refractivity contribution in [3.63, 3.8) is 0 Å². The van der Waals surface area contributed by atoms with Crippen molar-refractivity contribution in [3.8, 4) is 17.0 Å². The molecule has 6 nitrogen and oxygen atoms in total. The summed E-state index contributed by atoms with van der Waals surface area (Å²) in [5.74, 6) is 0.864. The van der Waals surface area contributed by atoms with Gasteiger partial charge in [-0.1, -0.05) is 0 Å². The van der Waals surface area contributed by atoms with Gasteiger partial charge in [0.1, 0.15) is 5.75 Å². The van der Waals surface area contributed by atoms with E-state index in [4.69, 9.17) is 4.74 Å². The molecule has 1 aliphatic rings. The molecule has 1 saturated heterocycles. The van der Waals surface area contributed by atoms with E-state index < -0.39 is 0 Å². The molecule has 1 N–H and O–H groups in total. The van der Waals surface area contributed by atoms with E-state index in [1.807, 2.05) is 29.2 Å². The zero-order valence-electron chi connectivity index (χ0n) is 14.9. The number of aromatic nitrogens is 1. The van der Waals surface area contributed by atoms with E-state index in [1.54, 1.807) is 25.4 Å². The minimum Gasteiger partial charge on any atom is -0.497 e. The van der Waals surface area contributed by atoms with E-state index in [0.717, 1.165) is 36.4 Å². The number of carbonyl (C=O) groups excluding carboxylic acids is 2. The highest BCUT2D eigenvalue weighted by Gasteiger charge is 2.19. The molecule has 2 amide bonds. The van der Waals surface area contributed by atoms with Crippen molar-refractivity contribution in [2.75, 3.05) is 26.7 Å². The van der Waals surface area contributed by atoms with E-state index in [1.165, 1.54) is 0 Å². The molecule has 2 aromatic rings. The van der Waals surface area contributed by atoms with Gasteiger partial charge in [0.2, 0.25) is 5.91 Å². The highest BCUT2D eigenvalue weighted by atomic mass is 16.5. The first-order valence-corrected chi connectivity index (χ1v) is 8.84. The highest BCUT2D eigenvalue weighted by molar-refractivity contribution is 5.95. The lowest BCUT2D eigenvalue weighted by Crippen LogP contribution is -2.30. The van der Waals surface area contributed by atoms with Gasteiger partial charge in [-0.3, -0.25) is 14.6 Å². The molecule has 0 bridgehead atoms. The number of amides is 2. The predicted molar refractivity (Wildman–Crippen MR) is 99.0 cm³/mol. The fraction of sp³-hybridized carbons (Fsp3) is 0.350. The van der Waals surface area contributed by atoms with Crippen molar-refractivity contribution < 1.29 is 14.3 Å². The molecule has 0 atom stereocenters. The van der Waals surface area contributed by atoms with E-state index >= 15 is 0 Å². The van der Waals surface area contributed by atoms with Crippen LogP contribution in [0.1, 0.15) is 29.6 Å². The molecule has 0 aliphatic carbocycles. The maximum absolute atomic E-state index is 12.3. The van der Waals surface area contributed by atoms with Gasteiger partial charge in [0.25, 0.3) is 5.91 Å². The van der Waals surface area contributed by atoms with Gasteiger partial charge in [-0.25, -0.2) is 0 Å². The first-order chi connectivity index (χ1) is 12.7. The maximum atomic E-state index is 12.3. The van der Waals surface area contributed by atoms with Crippen LogP contribution in [0.4, 0.5) is 0 Å².